The molecule has 2 aliphatic heterocycles. The molecule has 4 nitrogen and oxygen atoms in total. The van der Waals surface area contributed by atoms with Gasteiger partial charge in [0.15, 0.2) is 0 Å². The fourth-order valence-corrected chi connectivity index (χ4v) is 4.53. The Morgan fingerprint density at radius 3 is 2.23 bits per heavy atom. The van der Waals surface area contributed by atoms with E-state index >= 15 is 0 Å². The van der Waals surface area contributed by atoms with Gasteiger partial charge in [0.05, 0.1) is 0 Å². The Labute approximate surface area is 135 Å². The lowest BCUT2D eigenvalue weighted by Crippen LogP contribution is -2.47. The quantitative estimate of drug-likeness (QED) is 0.931. The SMILES string of the molecule is CSC1CC2CCC(C1)N2C(=O)c1ccc(NC(C)=O)cc1. The molecule has 1 N–H and O–H groups in total. The van der Waals surface area contributed by atoms with Gasteiger partial charge in [0.25, 0.3) is 5.91 Å². The summed E-state index contributed by atoms with van der Waals surface area (Å²) in [6, 6.07) is 8.02. The number of benzene rings is 1. The summed E-state index contributed by atoms with van der Waals surface area (Å²) in [6.07, 6.45) is 6.68. The van der Waals surface area contributed by atoms with Gasteiger partial charge in [-0.3, -0.25) is 9.59 Å². The number of carbonyl (C=O) groups excluding carboxylic acids is 2. The average Bonchev–Trinajstić information content (AvgIpc) is 2.76. The van der Waals surface area contributed by atoms with Crippen LogP contribution >= 0.6 is 11.8 Å². The number of hydrogen-bond acceptors (Lipinski definition) is 3. The fourth-order valence-electron chi connectivity index (χ4n) is 3.70. The van der Waals surface area contributed by atoms with Gasteiger partial charge in [0.1, 0.15) is 0 Å². The number of fused-ring (bicyclic) bond motifs is 2. The first-order valence-electron chi connectivity index (χ1n) is 7.81. The Bertz CT molecular complexity index is 559. The smallest absolute Gasteiger partial charge is 0.254 e. The lowest BCUT2D eigenvalue weighted by Gasteiger charge is -2.38. The van der Waals surface area contributed by atoms with Crippen LogP contribution in [0.25, 0.3) is 0 Å². The van der Waals surface area contributed by atoms with Gasteiger partial charge in [-0.05, 0) is 56.2 Å². The summed E-state index contributed by atoms with van der Waals surface area (Å²) < 4.78 is 0. The first kappa shape index (κ1) is 15.4. The van der Waals surface area contributed by atoms with Crippen LogP contribution in [0, 0.1) is 0 Å². The first-order valence-corrected chi connectivity index (χ1v) is 9.10. The van der Waals surface area contributed by atoms with E-state index in [1.54, 1.807) is 12.1 Å². The van der Waals surface area contributed by atoms with Gasteiger partial charge >= 0.3 is 0 Å². The molecule has 2 atom stereocenters. The molecular formula is C17H22N2O2S. The summed E-state index contributed by atoms with van der Waals surface area (Å²) in [7, 11) is 0. The third-order valence-electron chi connectivity index (χ3n) is 4.71. The summed E-state index contributed by atoms with van der Waals surface area (Å²) in [5.41, 5.74) is 1.45. The minimum atomic E-state index is -0.101. The maximum Gasteiger partial charge on any atom is 0.254 e. The van der Waals surface area contributed by atoms with Crippen LogP contribution in [0.1, 0.15) is 43.0 Å². The summed E-state index contributed by atoms with van der Waals surface area (Å²) in [6.45, 7) is 1.48. The van der Waals surface area contributed by atoms with Gasteiger partial charge in [-0.25, -0.2) is 0 Å². The first-order chi connectivity index (χ1) is 10.6. The summed E-state index contributed by atoms with van der Waals surface area (Å²) in [5.74, 6) is 0.0395. The summed E-state index contributed by atoms with van der Waals surface area (Å²) in [4.78, 5) is 26.0. The minimum Gasteiger partial charge on any atom is -0.333 e. The number of nitrogens with zero attached hydrogens (tertiary/aromatic N) is 1. The van der Waals surface area contributed by atoms with Crippen LogP contribution < -0.4 is 5.32 Å². The Hall–Kier alpha value is -1.49. The van der Waals surface area contributed by atoms with Crippen molar-refractivity contribution in [2.45, 2.75) is 49.9 Å². The van der Waals surface area contributed by atoms with Gasteiger partial charge in [0, 0.05) is 35.5 Å². The van der Waals surface area contributed by atoms with Crippen molar-refractivity contribution in [3.05, 3.63) is 29.8 Å². The molecule has 0 spiro atoms. The molecule has 0 saturated carbocycles. The van der Waals surface area contributed by atoms with Crippen molar-refractivity contribution in [1.82, 2.24) is 4.90 Å². The van der Waals surface area contributed by atoms with Gasteiger partial charge in [-0.1, -0.05) is 0 Å². The molecule has 2 aliphatic rings. The van der Waals surface area contributed by atoms with Crippen LogP contribution in [0.3, 0.4) is 0 Å². The second-order valence-corrected chi connectivity index (χ2v) is 7.32. The highest BCUT2D eigenvalue weighted by Crippen LogP contribution is 2.40. The second kappa shape index (κ2) is 6.32. The molecule has 2 bridgehead atoms. The molecule has 0 aliphatic carbocycles. The van der Waals surface area contributed by atoms with Gasteiger partial charge in [-0.2, -0.15) is 11.8 Å². The highest BCUT2D eigenvalue weighted by atomic mass is 32.2. The number of amides is 2. The zero-order valence-electron chi connectivity index (χ0n) is 13.0. The molecule has 0 radical (unpaired) electrons. The molecule has 22 heavy (non-hydrogen) atoms. The Morgan fingerprint density at radius 2 is 1.73 bits per heavy atom. The van der Waals surface area contributed by atoms with Crippen LogP contribution in [-0.4, -0.2) is 40.3 Å². The summed E-state index contributed by atoms with van der Waals surface area (Å²) in [5, 5.41) is 3.43. The second-order valence-electron chi connectivity index (χ2n) is 6.19. The van der Waals surface area contributed by atoms with Crippen molar-refractivity contribution in [3.63, 3.8) is 0 Å². The molecule has 0 aromatic heterocycles. The van der Waals surface area contributed by atoms with Crippen molar-refractivity contribution >= 4 is 29.3 Å². The number of piperidine rings is 1. The van der Waals surface area contributed by atoms with E-state index < -0.39 is 0 Å². The van der Waals surface area contributed by atoms with E-state index in [2.05, 4.69) is 16.5 Å². The lowest BCUT2D eigenvalue weighted by atomic mass is 10.0. The normalized spacial score (nSPS) is 26.8. The van der Waals surface area contributed by atoms with Crippen LogP contribution in [-0.2, 0) is 4.79 Å². The molecular weight excluding hydrogens is 296 g/mol. The maximum atomic E-state index is 12.8. The van der Waals surface area contributed by atoms with E-state index in [0.717, 1.165) is 31.4 Å². The van der Waals surface area contributed by atoms with Crippen LogP contribution in [0.15, 0.2) is 24.3 Å². The highest BCUT2D eigenvalue weighted by Gasteiger charge is 2.43. The van der Waals surface area contributed by atoms with Gasteiger partial charge < -0.3 is 10.2 Å². The van der Waals surface area contributed by atoms with E-state index in [0.29, 0.717) is 22.9 Å². The molecule has 5 heteroatoms. The standard InChI is InChI=1S/C17H22N2O2S/c1-11(20)18-13-5-3-12(4-6-13)17(21)19-14-7-8-15(19)10-16(9-14)22-2/h3-6,14-16H,7-10H2,1-2H3,(H,18,20). The summed E-state index contributed by atoms with van der Waals surface area (Å²) >= 11 is 1.93. The molecule has 2 heterocycles. The molecule has 2 fully saturated rings. The molecule has 3 rings (SSSR count). The van der Waals surface area contributed by atoms with E-state index in [1.807, 2.05) is 23.9 Å². The van der Waals surface area contributed by atoms with Crippen LogP contribution in [0.4, 0.5) is 5.69 Å². The number of hydrogen-bond donors (Lipinski definition) is 1. The lowest BCUT2D eigenvalue weighted by molar-refractivity contribution is -0.114. The topological polar surface area (TPSA) is 49.4 Å². The van der Waals surface area contributed by atoms with Gasteiger partial charge in [-0.15, -0.1) is 0 Å². The average molecular weight is 318 g/mol. The third kappa shape index (κ3) is 3.00. The van der Waals surface area contributed by atoms with Crippen molar-refractivity contribution in [2.24, 2.45) is 0 Å². The van der Waals surface area contributed by atoms with Crippen LogP contribution in [0.5, 0.6) is 0 Å². The maximum absolute atomic E-state index is 12.8. The number of rotatable bonds is 3. The Morgan fingerprint density at radius 1 is 1.14 bits per heavy atom. The fraction of sp³-hybridized carbons (Fsp3) is 0.529. The number of thioether (sulfide) groups is 1. The van der Waals surface area contributed by atoms with Crippen molar-refractivity contribution < 1.29 is 9.59 Å². The number of nitrogens with one attached hydrogen (secondary N) is 1. The third-order valence-corrected chi connectivity index (χ3v) is 5.76. The van der Waals surface area contributed by atoms with E-state index in [-0.39, 0.29) is 11.8 Å². The molecule has 2 saturated heterocycles. The van der Waals surface area contributed by atoms with Gasteiger partial charge in [0.2, 0.25) is 5.91 Å². The predicted molar refractivity (Wildman–Crippen MR) is 90.3 cm³/mol. The van der Waals surface area contributed by atoms with Crippen LogP contribution in [0.2, 0.25) is 0 Å². The zero-order chi connectivity index (χ0) is 15.7. The Balaban J connectivity index is 1.73. The monoisotopic (exact) mass is 318 g/mol. The molecule has 118 valence electrons. The zero-order valence-corrected chi connectivity index (χ0v) is 13.9. The van der Waals surface area contributed by atoms with E-state index in [9.17, 15) is 9.59 Å². The number of anilines is 1. The molecule has 2 amide bonds. The minimum absolute atomic E-state index is 0.101. The molecule has 1 aromatic rings. The molecule has 2 unspecified atom stereocenters. The van der Waals surface area contributed by atoms with E-state index in [1.165, 1.54) is 6.92 Å². The van der Waals surface area contributed by atoms with E-state index in [4.69, 9.17) is 0 Å². The predicted octanol–water partition coefficient (Wildman–Crippen LogP) is 3.14. The number of carbonyl (C=O) groups is 2. The van der Waals surface area contributed by atoms with Crippen molar-refractivity contribution in [1.29, 1.82) is 0 Å². The highest BCUT2D eigenvalue weighted by molar-refractivity contribution is 7.99. The Kier molecular flexibility index (Phi) is 4.43. The van der Waals surface area contributed by atoms with Crippen molar-refractivity contribution in [3.8, 4) is 0 Å². The van der Waals surface area contributed by atoms with Crippen molar-refractivity contribution in [2.75, 3.05) is 11.6 Å². The largest absolute Gasteiger partial charge is 0.333 e. The molecule has 1 aromatic carbocycles.